The molecule has 0 aromatic carbocycles. The van der Waals surface area contributed by atoms with Crippen LogP contribution >= 0.6 is 0 Å². The van der Waals surface area contributed by atoms with Crippen LogP contribution in [0.4, 0.5) is 4.79 Å². The molecule has 3 N–H and O–H groups in total. The van der Waals surface area contributed by atoms with Crippen molar-refractivity contribution in [2.75, 3.05) is 6.54 Å². The van der Waals surface area contributed by atoms with Gasteiger partial charge >= 0.3 is 6.03 Å². The monoisotopic (exact) mass is 244 g/mol. The molecule has 0 aromatic rings. The third-order valence-electron chi connectivity index (χ3n) is 3.14. The number of aliphatic hydroxyl groups excluding tert-OH is 1. The van der Waals surface area contributed by atoms with Gasteiger partial charge in [-0.25, -0.2) is 4.79 Å². The summed E-state index contributed by atoms with van der Waals surface area (Å²) in [6, 6.07) is -0.0547. The van der Waals surface area contributed by atoms with Crippen LogP contribution in [0.25, 0.3) is 0 Å². The quantitative estimate of drug-likeness (QED) is 0.694. The Labute approximate surface area is 105 Å². The number of amides is 2. The Kier molecular flexibility index (Phi) is 6.53. The van der Waals surface area contributed by atoms with Crippen LogP contribution in [0.15, 0.2) is 0 Å². The fraction of sp³-hybridized carbons (Fsp3) is 0.923. The van der Waals surface area contributed by atoms with Crippen molar-refractivity contribution in [1.82, 2.24) is 10.6 Å². The normalized spacial score (nSPS) is 15.5. The summed E-state index contributed by atoms with van der Waals surface area (Å²) in [5.74, 6) is 0.230. The first kappa shape index (κ1) is 16.2. The van der Waals surface area contributed by atoms with Crippen molar-refractivity contribution in [3.8, 4) is 0 Å². The van der Waals surface area contributed by atoms with Crippen LogP contribution in [-0.4, -0.2) is 29.8 Å². The summed E-state index contributed by atoms with van der Waals surface area (Å²) >= 11 is 0. The molecule has 102 valence electrons. The minimum atomic E-state index is -0.352. The molecule has 2 unspecified atom stereocenters. The Balaban J connectivity index is 3.82. The van der Waals surface area contributed by atoms with Crippen molar-refractivity contribution >= 4 is 6.03 Å². The van der Waals surface area contributed by atoms with Gasteiger partial charge in [-0.1, -0.05) is 34.6 Å². The van der Waals surface area contributed by atoms with Gasteiger partial charge < -0.3 is 15.7 Å². The summed E-state index contributed by atoms with van der Waals surface area (Å²) < 4.78 is 0. The topological polar surface area (TPSA) is 61.4 Å². The third-order valence-corrected chi connectivity index (χ3v) is 3.14. The van der Waals surface area contributed by atoms with Crippen LogP contribution in [0, 0.1) is 11.3 Å². The van der Waals surface area contributed by atoms with Crippen LogP contribution < -0.4 is 10.6 Å². The number of carbonyl (C=O) groups excluding carboxylic acids is 1. The minimum absolute atomic E-state index is 0.0504. The maximum Gasteiger partial charge on any atom is 0.315 e. The van der Waals surface area contributed by atoms with Gasteiger partial charge in [0.2, 0.25) is 0 Å². The van der Waals surface area contributed by atoms with E-state index < -0.39 is 0 Å². The molecule has 0 aliphatic heterocycles. The first-order valence-corrected chi connectivity index (χ1v) is 6.37. The van der Waals surface area contributed by atoms with Gasteiger partial charge in [-0.15, -0.1) is 0 Å². The van der Waals surface area contributed by atoms with Crippen molar-refractivity contribution in [1.29, 1.82) is 0 Å². The molecule has 4 heteroatoms. The van der Waals surface area contributed by atoms with E-state index in [1.54, 1.807) is 0 Å². The van der Waals surface area contributed by atoms with Crippen molar-refractivity contribution in [3.05, 3.63) is 0 Å². The van der Waals surface area contributed by atoms with Gasteiger partial charge in [0.15, 0.2) is 0 Å². The van der Waals surface area contributed by atoms with Gasteiger partial charge in [0.05, 0.1) is 6.10 Å². The number of urea groups is 1. The molecule has 0 saturated heterocycles. The van der Waals surface area contributed by atoms with Crippen LogP contribution in [0.2, 0.25) is 0 Å². The van der Waals surface area contributed by atoms with Crippen molar-refractivity contribution in [2.24, 2.45) is 11.3 Å². The summed E-state index contributed by atoms with van der Waals surface area (Å²) in [5, 5.41) is 15.2. The van der Waals surface area contributed by atoms with E-state index in [-0.39, 0.29) is 29.5 Å². The van der Waals surface area contributed by atoms with Crippen LogP contribution in [0.5, 0.6) is 0 Å². The van der Waals surface area contributed by atoms with Gasteiger partial charge in [0.1, 0.15) is 0 Å². The molecule has 17 heavy (non-hydrogen) atoms. The molecule has 0 heterocycles. The minimum Gasteiger partial charge on any atom is -0.393 e. The molecule has 0 aliphatic rings. The summed E-state index contributed by atoms with van der Waals surface area (Å²) in [4.78, 5) is 11.5. The molecule has 0 saturated carbocycles. The van der Waals surface area contributed by atoms with E-state index in [9.17, 15) is 9.90 Å². The Morgan fingerprint density at radius 1 is 1.24 bits per heavy atom. The Morgan fingerprint density at radius 3 is 2.18 bits per heavy atom. The molecular weight excluding hydrogens is 216 g/mol. The highest BCUT2D eigenvalue weighted by Gasteiger charge is 2.21. The number of rotatable bonds is 5. The van der Waals surface area contributed by atoms with Crippen LogP contribution in [-0.2, 0) is 0 Å². The largest absolute Gasteiger partial charge is 0.393 e. The molecule has 0 spiro atoms. The van der Waals surface area contributed by atoms with Gasteiger partial charge in [-0.05, 0) is 24.7 Å². The van der Waals surface area contributed by atoms with Gasteiger partial charge in [-0.2, -0.15) is 0 Å². The lowest BCUT2D eigenvalue weighted by atomic mass is 9.88. The van der Waals surface area contributed by atoms with E-state index in [2.05, 4.69) is 31.4 Å². The average molecular weight is 244 g/mol. The van der Waals surface area contributed by atoms with E-state index >= 15 is 0 Å². The standard InChI is InChI=1S/C13H28N2O2/c1-9(2)11(16)7-8-14-12(17)15-10(3)13(4,5)6/h9-11,16H,7-8H2,1-6H3,(H2,14,15,17). The van der Waals surface area contributed by atoms with Gasteiger partial charge in [0.25, 0.3) is 0 Å². The predicted octanol–water partition coefficient (Wildman–Crippen LogP) is 2.13. The number of carbonyl (C=O) groups is 1. The summed E-state index contributed by atoms with van der Waals surface area (Å²) in [7, 11) is 0. The Hall–Kier alpha value is -0.770. The molecule has 0 radical (unpaired) electrons. The van der Waals surface area contributed by atoms with E-state index in [1.807, 2.05) is 20.8 Å². The van der Waals surface area contributed by atoms with Gasteiger partial charge in [-0.3, -0.25) is 0 Å². The molecule has 0 fully saturated rings. The zero-order chi connectivity index (χ0) is 13.6. The highest BCUT2D eigenvalue weighted by Crippen LogP contribution is 2.18. The molecule has 4 nitrogen and oxygen atoms in total. The van der Waals surface area contributed by atoms with E-state index in [1.165, 1.54) is 0 Å². The summed E-state index contributed by atoms with van der Waals surface area (Å²) in [6.07, 6.45) is 0.241. The zero-order valence-corrected chi connectivity index (χ0v) is 12.0. The second-order valence-corrected chi connectivity index (χ2v) is 6.09. The number of hydrogen-bond acceptors (Lipinski definition) is 2. The predicted molar refractivity (Wildman–Crippen MR) is 70.9 cm³/mol. The van der Waals surface area contributed by atoms with Crippen molar-refractivity contribution < 1.29 is 9.90 Å². The lowest BCUT2D eigenvalue weighted by Crippen LogP contribution is -2.46. The first-order chi connectivity index (χ1) is 7.64. The Bertz CT molecular complexity index is 234. The number of nitrogens with one attached hydrogen (secondary N) is 2. The smallest absolute Gasteiger partial charge is 0.315 e. The fourth-order valence-corrected chi connectivity index (χ4v) is 1.13. The summed E-state index contributed by atoms with van der Waals surface area (Å²) in [5.41, 5.74) is 0.0504. The molecule has 0 aromatic heterocycles. The lowest BCUT2D eigenvalue weighted by Gasteiger charge is -2.28. The molecule has 0 rings (SSSR count). The number of aliphatic hydroxyl groups is 1. The maximum absolute atomic E-state index is 11.5. The fourth-order valence-electron chi connectivity index (χ4n) is 1.13. The highest BCUT2D eigenvalue weighted by atomic mass is 16.3. The van der Waals surface area contributed by atoms with Gasteiger partial charge in [0, 0.05) is 12.6 Å². The SMILES string of the molecule is CC(C)C(O)CCNC(=O)NC(C)C(C)(C)C. The van der Waals surface area contributed by atoms with Crippen LogP contribution in [0.1, 0.15) is 48.0 Å². The Morgan fingerprint density at radius 2 is 1.76 bits per heavy atom. The average Bonchev–Trinajstić information content (AvgIpc) is 2.15. The zero-order valence-electron chi connectivity index (χ0n) is 12.0. The molecule has 2 amide bonds. The molecular formula is C13H28N2O2. The maximum atomic E-state index is 11.5. The second kappa shape index (κ2) is 6.84. The van der Waals surface area contributed by atoms with Crippen molar-refractivity contribution in [3.63, 3.8) is 0 Å². The van der Waals surface area contributed by atoms with E-state index in [0.29, 0.717) is 13.0 Å². The van der Waals surface area contributed by atoms with E-state index in [0.717, 1.165) is 0 Å². The number of hydrogen-bond donors (Lipinski definition) is 3. The third kappa shape index (κ3) is 7.21. The summed E-state index contributed by atoms with van der Waals surface area (Å²) in [6.45, 7) is 12.7. The first-order valence-electron chi connectivity index (χ1n) is 6.37. The van der Waals surface area contributed by atoms with E-state index in [4.69, 9.17) is 0 Å². The molecule has 0 aliphatic carbocycles. The van der Waals surface area contributed by atoms with Crippen LogP contribution in [0.3, 0.4) is 0 Å². The van der Waals surface area contributed by atoms with Crippen molar-refractivity contribution in [2.45, 2.75) is 60.1 Å². The highest BCUT2D eigenvalue weighted by molar-refractivity contribution is 5.74. The lowest BCUT2D eigenvalue weighted by molar-refractivity contribution is 0.116. The molecule has 0 bridgehead atoms. The molecule has 2 atom stereocenters. The second-order valence-electron chi connectivity index (χ2n) is 6.09.